The molecule has 0 aromatic heterocycles. The number of carbonyl (C=O) groups is 1. The van der Waals surface area contributed by atoms with E-state index in [0.29, 0.717) is 32.8 Å². The van der Waals surface area contributed by atoms with Crippen LogP contribution in [-0.4, -0.2) is 62.4 Å². The lowest BCUT2D eigenvalue weighted by molar-refractivity contribution is 0.0635. The number of likely N-dealkylation sites (tertiary alicyclic amines) is 1. The Morgan fingerprint density at radius 1 is 1.20 bits per heavy atom. The molecule has 6 nitrogen and oxygen atoms in total. The summed E-state index contributed by atoms with van der Waals surface area (Å²) in [5, 5.41) is 0.281. The molecule has 1 amide bonds. The van der Waals surface area contributed by atoms with Crippen LogP contribution in [0.25, 0.3) is 0 Å². The number of rotatable bonds is 3. The number of sulfonamides is 1. The minimum atomic E-state index is -3.66. The van der Waals surface area contributed by atoms with E-state index in [0.717, 1.165) is 19.3 Å². The highest BCUT2D eigenvalue weighted by molar-refractivity contribution is 7.89. The molecule has 1 aromatic carbocycles. The summed E-state index contributed by atoms with van der Waals surface area (Å²) < 4.78 is 32.2. The first-order chi connectivity index (χ1) is 11.9. The maximum absolute atomic E-state index is 12.9. The quantitative estimate of drug-likeness (QED) is 0.799. The molecule has 2 aliphatic heterocycles. The van der Waals surface area contributed by atoms with Crippen LogP contribution in [0.2, 0.25) is 5.02 Å². The van der Waals surface area contributed by atoms with Crippen molar-refractivity contribution in [2.75, 3.05) is 32.8 Å². The van der Waals surface area contributed by atoms with Crippen molar-refractivity contribution in [3.63, 3.8) is 0 Å². The van der Waals surface area contributed by atoms with Crippen LogP contribution < -0.4 is 0 Å². The number of carbonyl (C=O) groups excluding carboxylic acids is 1. The fourth-order valence-corrected chi connectivity index (χ4v) is 4.95. The van der Waals surface area contributed by atoms with Gasteiger partial charge in [0.2, 0.25) is 10.0 Å². The van der Waals surface area contributed by atoms with E-state index >= 15 is 0 Å². The fourth-order valence-electron chi connectivity index (χ4n) is 3.32. The minimum Gasteiger partial charge on any atom is -0.379 e. The molecule has 25 heavy (non-hydrogen) atoms. The van der Waals surface area contributed by atoms with Crippen molar-refractivity contribution in [3.8, 4) is 0 Å². The van der Waals surface area contributed by atoms with Crippen LogP contribution in [0, 0.1) is 0 Å². The molecule has 2 fully saturated rings. The van der Waals surface area contributed by atoms with E-state index in [1.807, 2.05) is 6.92 Å². The van der Waals surface area contributed by atoms with E-state index < -0.39 is 10.0 Å². The molecule has 0 spiro atoms. The molecule has 2 saturated heterocycles. The zero-order valence-electron chi connectivity index (χ0n) is 14.3. The number of amides is 1. The van der Waals surface area contributed by atoms with Gasteiger partial charge in [0.1, 0.15) is 0 Å². The Morgan fingerprint density at radius 3 is 2.60 bits per heavy atom. The summed E-state index contributed by atoms with van der Waals surface area (Å²) in [7, 11) is -3.66. The third-order valence-corrected chi connectivity index (χ3v) is 7.06. The van der Waals surface area contributed by atoms with Crippen LogP contribution in [0.4, 0.5) is 0 Å². The van der Waals surface area contributed by atoms with E-state index in [1.165, 1.54) is 22.5 Å². The zero-order valence-corrected chi connectivity index (χ0v) is 15.9. The van der Waals surface area contributed by atoms with Crippen LogP contribution in [0.3, 0.4) is 0 Å². The summed E-state index contributed by atoms with van der Waals surface area (Å²) in [6.07, 6.45) is 3.01. The number of piperidine rings is 1. The van der Waals surface area contributed by atoms with Crippen molar-refractivity contribution in [2.45, 2.75) is 37.1 Å². The Kier molecular flexibility index (Phi) is 5.68. The van der Waals surface area contributed by atoms with Gasteiger partial charge < -0.3 is 9.64 Å². The Hall–Kier alpha value is -1.15. The third kappa shape index (κ3) is 3.84. The lowest BCUT2D eigenvalue weighted by Gasteiger charge is -2.33. The molecular weight excluding hydrogens is 364 g/mol. The maximum atomic E-state index is 12.9. The van der Waals surface area contributed by atoms with Crippen LogP contribution in [0.1, 0.15) is 36.5 Å². The second kappa shape index (κ2) is 7.61. The largest absolute Gasteiger partial charge is 0.379 e. The number of hydrogen-bond acceptors (Lipinski definition) is 4. The van der Waals surface area contributed by atoms with Gasteiger partial charge in [-0.3, -0.25) is 4.79 Å². The van der Waals surface area contributed by atoms with Gasteiger partial charge >= 0.3 is 0 Å². The average Bonchev–Trinajstić information content (AvgIpc) is 2.62. The van der Waals surface area contributed by atoms with E-state index in [2.05, 4.69) is 0 Å². The molecule has 2 heterocycles. The molecule has 0 bridgehead atoms. The Balaban J connectivity index is 1.91. The van der Waals surface area contributed by atoms with Crippen LogP contribution >= 0.6 is 11.6 Å². The standard InChI is InChI=1S/C17H23ClN2O4S/c1-13-4-2-3-7-20(13)17(21)15-12-14(5-6-16(15)18)25(22,23)19-8-10-24-11-9-19/h5-6,12-13H,2-4,7-11H2,1H3/t13-/m0/s1. The van der Waals surface area contributed by atoms with Crippen molar-refractivity contribution >= 4 is 27.5 Å². The van der Waals surface area contributed by atoms with E-state index in [9.17, 15) is 13.2 Å². The molecule has 0 radical (unpaired) electrons. The Labute approximate surface area is 153 Å². The highest BCUT2D eigenvalue weighted by Crippen LogP contribution is 2.27. The van der Waals surface area contributed by atoms with Crippen molar-refractivity contribution < 1.29 is 17.9 Å². The van der Waals surface area contributed by atoms with E-state index in [-0.39, 0.29) is 27.4 Å². The molecule has 0 N–H and O–H groups in total. The molecule has 2 aliphatic rings. The van der Waals surface area contributed by atoms with Gasteiger partial charge in [-0.1, -0.05) is 11.6 Å². The topological polar surface area (TPSA) is 66.9 Å². The first-order valence-electron chi connectivity index (χ1n) is 8.59. The van der Waals surface area contributed by atoms with Crippen molar-refractivity contribution in [2.24, 2.45) is 0 Å². The normalized spacial score (nSPS) is 22.8. The molecule has 3 rings (SSSR count). The fraction of sp³-hybridized carbons (Fsp3) is 0.588. The van der Waals surface area contributed by atoms with Gasteiger partial charge in [-0.2, -0.15) is 4.31 Å². The summed E-state index contributed by atoms with van der Waals surface area (Å²) in [6.45, 7) is 4.08. The SMILES string of the molecule is C[C@H]1CCCCN1C(=O)c1cc(S(=O)(=O)N2CCOCC2)ccc1Cl. The van der Waals surface area contributed by atoms with Gasteiger partial charge in [0.05, 0.1) is 28.7 Å². The number of benzene rings is 1. The minimum absolute atomic E-state index is 0.104. The van der Waals surface area contributed by atoms with Gasteiger partial charge in [0.15, 0.2) is 0 Å². The molecular formula is C17H23ClN2O4S. The predicted molar refractivity (Wildman–Crippen MR) is 95.4 cm³/mol. The zero-order chi connectivity index (χ0) is 18.0. The molecule has 1 atom stereocenters. The van der Waals surface area contributed by atoms with Gasteiger partial charge in [0, 0.05) is 25.7 Å². The smallest absolute Gasteiger partial charge is 0.255 e. The van der Waals surface area contributed by atoms with Gasteiger partial charge in [-0.15, -0.1) is 0 Å². The summed E-state index contributed by atoms with van der Waals surface area (Å²) in [4.78, 5) is 14.8. The highest BCUT2D eigenvalue weighted by atomic mass is 35.5. The molecule has 138 valence electrons. The summed E-state index contributed by atoms with van der Waals surface area (Å²) in [5.74, 6) is -0.198. The number of halogens is 1. The number of morpholine rings is 1. The van der Waals surface area contributed by atoms with E-state index in [1.54, 1.807) is 4.90 Å². The molecule has 8 heteroatoms. The van der Waals surface area contributed by atoms with Gasteiger partial charge in [-0.05, 0) is 44.4 Å². The second-order valence-corrected chi connectivity index (χ2v) is 8.85. The van der Waals surface area contributed by atoms with Crippen molar-refractivity contribution in [1.29, 1.82) is 0 Å². The number of nitrogens with zero attached hydrogens (tertiary/aromatic N) is 2. The number of ether oxygens (including phenoxy) is 1. The average molecular weight is 387 g/mol. The molecule has 0 aliphatic carbocycles. The van der Waals surface area contributed by atoms with Crippen molar-refractivity contribution in [1.82, 2.24) is 9.21 Å². The number of hydrogen-bond donors (Lipinski definition) is 0. The predicted octanol–water partition coefficient (Wildman–Crippen LogP) is 2.38. The van der Waals surface area contributed by atoms with Gasteiger partial charge in [-0.25, -0.2) is 8.42 Å². The lowest BCUT2D eigenvalue weighted by atomic mass is 10.0. The van der Waals surface area contributed by atoms with Crippen LogP contribution in [-0.2, 0) is 14.8 Å². The summed E-state index contributed by atoms with van der Waals surface area (Å²) >= 11 is 6.22. The van der Waals surface area contributed by atoms with E-state index in [4.69, 9.17) is 16.3 Å². The van der Waals surface area contributed by atoms with Gasteiger partial charge in [0.25, 0.3) is 5.91 Å². The summed E-state index contributed by atoms with van der Waals surface area (Å²) in [6, 6.07) is 4.51. The molecule has 1 aromatic rings. The monoisotopic (exact) mass is 386 g/mol. The first-order valence-corrected chi connectivity index (χ1v) is 10.4. The Morgan fingerprint density at radius 2 is 1.92 bits per heavy atom. The third-order valence-electron chi connectivity index (χ3n) is 4.84. The molecule has 0 unspecified atom stereocenters. The second-order valence-electron chi connectivity index (χ2n) is 6.50. The van der Waals surface area contributed by atoms with Crippen molar-refractivity contribution in [3.05, 3.63) is 28.8 Å². The lowest BCUT2D eigenvalue weighted by Crippen LogP contribution is -2.42. The molecule has 0 saturated carbocycles. The maximum Gasteiger partial charge on any atom is 0.255 e. The highest BCUT2D eigenvalue weighted by Gasteiger charge is 2.30. The first kappa shape index (κ1) is 18.6. The van der Waals surface area contributed by atoms with Crippen LogP contribution in [0.15, 0.2) is 23.1 Å². The summed E-state index contributed by atoms with van der Waals surface area (Å²) in [5.41, 5.74) is 0.254. The van der Waals surface area contributed by atoms with Crippen LogP contribution in [0.5, 0.6) is 0 Å². The Bertz CT molecular complexity index is 747.